The maximum atomic E-state index is 11.8. The first-order chi connectivity index (χ1) is 15.7. The summed E-state index contributed by atoms with van der Waals surface area (Å²) in [6.45, 7) is 2.87. The number of benzene rings is 1. The van der Waals surface area contributed by atoms with Gasteiger partial charge < -0.3 is 14.2 Å². The predicted octanol–water partition coefficient (Wildman–Crippen LogP) is 7.15. The lowest BCUT2D eigenvalue weighted by atomic mass is 10.0. The number of methoxy groups -OCH3 is 1. The monoisotopic (exact) mass is 448 g/mol. The molecule has 0 aliphatic carbocycles. The number of rotatable bonds is 20. The standard InChI is InChI=1S/C27H44O5/c1-3-4-5-6-7-8-9-10-11-12-13-14-15-21-31-26(28)19-20-27(29)32-23-24-17-16-18-25(22-24)30-2/h16-18,22H,3-15,19-21,23H2,1-2H3. The first-order valence-electron chi connectivity index (χ1n) is 12.6. The summed E-state index contributed by atoms with van der Waals surface area (Å²) in [5.41, 5.74) is 0.850. The van der Waals surface area contributed by atoms with E-state index >= 15 is 0 Å². The molecular formula is C27H44O5. The highest BCUT2D eigenvalue weighted by molar-refractivity contribution is 5.77. The number of esters is 2. The molecule has 0 saturated carbocycles. The first kappa shape index (κ1) is 28.0. The summed E-state index contributed by atoms with van der Waals surface area (Å²) in [6, 6.07) is 7.35. The molecule has 1 aromatic rings. The van der Waals surface area contributed by atoms with Crippen molar-refractivity contribution in [2.24, 2.45) is 0 Å². The van der Waals surface area contributed by atoms with Crippen molar-refractivity contribution in [3.8, 4) is 5.75 Å². The Morgan fingerprint density at radius 2 is 1.25 bits per heavy atom. The van der Waals surface area contributed by atoms with Gasteiger partial charge in [0.15, 0.2) is 0 Å². The third-order valence-electron chi connectivity index (χ3n) is 5.58. The molecule has 0 fully saturated rings. The third kappa shape index (κ3) is 15.7. The van der Waals surface area contributed by atoms with Crippen LogP contribution in [0.5, 0.6) is 5.75 Å². The minimum absolute atomic E-state index is 0.0431. The van der Waals surface area contributed by atoms with Crippen LogP contribution in [0.15, 0.2) is 24.3 Å². The zero-order valence-corrected chi connectivity index (χ0v) is 20.4. The van der Waals surface area contributed by atoms with Crippen LogP contribution in [0, 0.1) is 0 Å². The number of carbonyl (C=O) groups is 2. The molecule has 5 nitrogen and oxygen atoms in total. The van der Waals surface area contributed by atoms with E-state index in [0.29, 0.717) is 6.61 Å². The topological polar surface area (TPSA) is 61.8 Å². The smallest absolute Gasteiger partial charge is 0.306 e. The number of hydrogen-bond donors (Lipinski definition) is 0. The summed E-state index contributed by atoms with van der Waals surface area (Å²) >= 11 is 0. The van der Waals surface area contributed by atoms with E-state index in [1.807, 2.05) is 24.3 Å². The van der Waals surface area contributed by atoms with Gasteiger partial charge in [0.2, 0.25) is 0 Å². The normalized spacial score (nSPS) is 10.7. The van der Waals surface area contributed by atoms with E-state index in [9.17, 15) is 9.59 Å². The summed E-state index contributed by atoms with van der Waals surface area (Å²) in [7, 11) is 1.59. The van der Waals surface area contributed by atoms with Crippen LogP contribution in [0.4, 0.5) is 0 Å². The number of unbranched alkanes of at least 4 members (excludes halogenated alkanes) is 12. The van der Waals surface area contributed by atoms with Crippen LogP contribution < -0.4 is 4.74 Å². The van der Waals surface area contributed by atoms with Crippen LogP contribution >= 0.6 is 0 Å². The molecule has 0 aliphatic rings. The summed E-state index contributed by atoms with van der Waals surface area (Å²) in [6.07, 6.45) is 16.9. The molecule has 0 radical (unpaired) electrons. The van der Waals surface area contributed by atoms with Crippen LogP contribution in [-0.2, 0) is 25.7 Å². The molecule has 0 aromatic heterocycles. The number of hydrogen-bond acceptors (Lipinski definition) is 5. The van der Waals surface area contributed by atoms with E-state index in [2.05, 4.69) is 6.92 Å². The van der Waals surface area contributed by atoms with Gasteiger partial charge in [0.1, 0.15) is 12.4 Å². The molecule has 32 heavy (non-hydrogen) atoms. The van der Waals surface area contributed by atoms with Gasteiger partial charge in [0, 0.05) is 0 Å². The SMILES string of the molecule is CCCCCCCCCCCCCCCOC(=O)CCC(=O)OCc1cccc(OC)c1. The van der Waals surface area contributed by atoms with E-state index in [-0.39, 0.29) is 25.4 Å². The third-order valence-corrected chi connectivity index (χ3v) is 5.58. The number of ether oxygens (including phenoxy) is 3. The molecule has 0 amide bonds. The Kier molecular flexibility index (Phi) is 17.2. The quantitative estimate of drug-likeness (QED) is 0.156. The first-order valence-corrected chi connectivity index (χ1v) is 12.6. The van der Waals surface area contributed by atoms with Gasteiger partial charge in [-0.25, -0.2) is 0 Å². The zero-order chi connectivity index (χ0) is 23.3. The van der Waals surface area contributed by atoms with Crippen molar-refractivity contribution in [1.82, 2.24) is 0 Å². The van der Waals surface area contributed by atoms with Gasteiger partial charge in [0.05, 0.1) is 26.6 Å². The highest BCUT2D eigenvalue weighted by atomic mass is 16.5. The van der Waals surface area contributed by atoms with Gasteiger partial charge in [-0.2, -0.15) is 0 Å². The van der Waals surface area contributed by atoms with Crippen LogP contribution in [0.25, 0.3) is 0 Å². The van der Waals surface area contributed by atoms with Gasteiger partial charge in [-0.15, -0.1) is 0 Å². The fourth-order valence-corrected chi connectivity index (χ4v) is 3.58. The van der Waals surface area contributed by atoms with E-state index < -0.39 is 5.97 Å². The Hall–Kier alpha value is -2.04. The van der Waals surface area contributed by atoms with Crippen molar-refractivity contribution in [2.75, 3.05) is 13.7 Å². The molecule has 0 unspecified atom stereocenters. The van der Waals surface area contributed by atoms with Crippen LogP contribution in [0.3, 0.4) is 0 Å². The lowest BCUT2D eigenvalue weighted by Gasteiger charge is -2.07. The fourth-order valence-electron chi connectivity index (χ4n) is 3.58. The van der Waals surface area contributed by atoms with E-state index in [4.69, 9.17) is 14.2 Å². The molecule has 5 heteroatoms. The minimum atomic E-state index is -0.397. The van der Waals surface area contributed by atoms with Crippen molar-refractivity contribution in [1.29, 1.82) is 0 Å². The van der Waals surface area contributed by atoms with E-state index in [1.165, 1.54) is 70.6 Å². The minimum Gasteiger partial charge on any atom is -0.497 e. The fraction of sp³-hybridized carbons (Fsp3) is 0.704. The summed E-state index contributed by atoms with van der Waals surface area (Å²) < 4.78 is 15.6. The predicted molar refractivity (Wildman–Crippen MR) is 129 cm³/mol. The molecule has 0 heterocycles. The number of carbonyl (C=O) groups excluding carboxylic acids is 2. The average Bonchev–Trinajstić information content (AvgIpc) is 2.81. The van der Waals surface area contributed by atoms with Crippen molar-refractivity contribution in [3.05, 3.63) is 29.8 Å². The van der Waals surface area contributed by atoms with Crippen molar-refractivity contribution >= 4 is 11.9 Å². The molecule has 0 aliphatic heterocycles. The van der Waals surface area contributed by atoms with Gasteiger partial charge in [0.25, 0.3) is 0 Å². The molecular weight excluding hydrogens is 404 g/mol. The second-order valence-corrected chi connectivity index (χ2v) is 8.48. The Balaban J connectivity index is 1.89. The van der Waals surface area contributed by atoms with Crippen LogP contribution in [-0.4, -0.2) is 25.7 Å². The molecule has 0 N–H and O–H groups in total. The Morgan fingerprint density at radius 3 is 1.81 bits per heavy atom. The summed E-state index contributed by atoms with van der Waals surface area (Å²) in [4.78, 5) is 23.6. The van der Waals surface area contributed by atoms with Gasteiger partial charge in [-0.1, -0.05) is 96.1 Å². The largest absolute Gasteiger partial charge is 0.497 e. The zero-order valence-electron chi connectivity index (χ0n) is 20.4. The molecule has 182 valence electrons. The second-order valence-electron chi connectivity index (χ2n) is 8.48. The van der Waals surface area contributed by atoms with Gasteiger partial charge in [-0.05, 0) is 24.1 Å². The van der Waals surface area contributed by atoms with E-state index in [0.717, 1.165) is 24.2 Å². The Labute approximate surface area is 195 Å². The molecule has 1 aromatic carbocycles. The van der Waals surface area contributed by atoms with E-state index in [1.54, 1.807) is 7.11 Å². The lowest BCUT2D eigenvalue weighted by Crippen LogP contribution is -2.11. The maximum Gasteiger partial charge on any atom is 0.306 e. The lowest BCUT2D eigenvalue weighted by molar-refractivity contribution is -0.151. The van der Waals surface area contributed by atoms with Crippen molar-refractivity contribution in [2.45, 2.75) is 110 Å². The second kappa shape index (κ2) is 19.6. The summed E-state index contributed by atoms with van der Waals surface area (Å²) in [5, 5.41) is 0. The molecule has 0 atom stereocenters. The Bertz CT molecular complexity index is 614. The van der Waals surface area contributed by atoms with Crippen molar-refractivity contribution in [3.63, 3.8) is 0 Å². The molecule has 0 bridgehead atoms. The highest BCUT2D eigenvalue weighted by Crippen LogP contribution is 2.14. The molecule has 1 rings (SSSR count). The Morgan fingerprint density at radius 1 is 0.719 bits per heavy atom. The maximum absolute atomic E-state index is 11.8. The highest BCUT2D eigenvalue weighted by Gasteiger charge is 2.09. The molecule has 0 saturated heterocycles. The average molecular weight is 449 g/mol. The van der Waals surface area contributed by atoms with Gasteiger partial charge in [-0.3, -0.25) is 9.59 Å². The van der Waals surface area contributed by atoms with Crippen LogP contribution in [0.2, 0.25) is 0 Å². The molecule has 0 spiro atoms. The summed E-state index contributed by atoms with van der Waals surface area (Å²) in [5.74, 6) is -0.0108. The van der Waals surface area contributed by atoms with Gasteiger partial charge >= 0.3 is 11.9 Å². The van der Waals surface area contributed by atoms with Crippen LogP contribution in [0.1, 0.15) is 109 Å². The van der Waals surface area contributed by atoms with Crippen molar-refractivity contribution < 1.29 is 23.8 Å².